The number of phenolic OH excluding ortho intramolecular Hbond substituents is 1. The number of carbonyl (C=O) groups excluding carboxylic acids is 4. The topological polar surface area (TPSA) is 107 Å². The molecule has 8 nitrogen and oxygen atoms in total. The fourth-order valence-electron chi connectivity index (χ4n) is 8.99. The van der Waals surface area contributed by atoms with Gasteiger partial charge in [0.15, 0.2) is 0 Å². The zero-order chi connectivity index (χ0) is 34.9. The molecule has 0 aromatic heterocycles. The molecule has 3 fully saturated rings. The molecule has 8 heteroatoms. The van der Waals surface area contributed by atoms with Crippen LogP contribution in [0.2, 0.25) is 0 Å². The van der Waals surface area contributed by atoms with Gasteiger partial charge >= 0.3 is 0 Å². The Balaban J connectivity index is 1.30. The van der Waals surface area contributed by atoms with Gasteiger partial charge in [-0.1, -0.05) is 96.6 Å². The first-order chi connectivity index (χ1) is 24.1. The summed E-state index contributed by atoms with van der Waals surface area (Å²) in [5.74, 6) is -4.44. The van der Waals surface area contributed by atoms with E-state index in [2.05, 4.69) is 12.0 Å². The molecule has 2 aliphatic heterocycles. The van der Waals surface area contributed by atoms with Crippen LogP contribution in [0.1, 0.15) is 46.6 Å². The molecular formula is C42H37N3O5. The molecule has 0 unspecified atom stereocenters. The van der Waals surface area contributed by atoms with Crippen LogP contribution in [0, 0.1) is 37.5 Å². The third kappa shape index (κ3) is 4.51. The van der Waals surface area contributed by atoms with Crippen molar-refractivity contribution < 1.29 is 24.3 Å². The third-order valence-electron chi connectivity index (χ3n) is 11.3. The van der Waals surface area contributed by atoms with Crippen molar-refractivity contribution in [2.45, 2.75) is 38.0 Å². The van der Waals surface area contributed by atoms with Gasteiger partial charge in [-0.2, -0.15) is 5.01 Å². The molecule has 2 N–H and O–H groups in total. The van der Waals surface area contributed by atoms with Crippen LogP contribution < -0.4 is 10.3 Å². The third-order valence-corrected chi connectivity index (χ3v) is 11.3. The number of carbonyl (C=O) groups is 4. The van der Waals surface area contributed by atoms with Crippen LogP contribution in [0.3, 0.4) is 0 Å². The number of hydrazine groups is 1. The van der Waals surface area contributed by atoms with Crippen LogP contribution in [0.4, 0.5) is 11.4 Å². The van der Waals surface area contributed by atoms with E-state index in [0.717, 1.165) is 27.3 Å². The van der Waals surface area contributed by atoms with Gasteiger partial charge in [-0.05, 0) is 85.2 Å². The van der Waals surface area contributed by atoms with Crippen molar-refractivity contribution in [3.63, 3.8) is 0 Å². The van der Waals surface area contributed by atoms with Gasteiger partial charge in [-0.3, -0.25) is 29.5 Å². The number of hydrogen-bond acceptors (Lipinski definition) is 6. The zero-order valence-corrected chi connectivity index (χ0v) is 27.9. The number of aromatic hydroxyl groups is 1. The first-order valence-electron chi connectivity index (χ1n) is 17.0. The monoisotopic (exact) mass is 663 g/mol. The number of fused-ring (bicyclic) bond motifs is 4. The molecule has 50 heavy (non-hydrogen) atoms. The minimum atomic E-state index is -1.36. The van der Waals surface area contributed by atoms with Crippen molar-refractivity contribution in [1.82, 2.24) is 5.01 Å². The Morgan fingerprint density at radius 2 is 1.56 bits per heavy atom. The molecule has 6 atom stereocenters. The maximum absolute atomic E-state index is 15.2. The number of allylic oxidation sites excluding steroid dienone is 2. The second-order valence-corrected chi connectivity index (χ2v) is 13.9. The maximum Gasteiger partial charge on any atom is 0.260 e. The van der Waals surface area contributed by atoms with Crippen LogP contribution in [0.25, 0.3) is 6.08 Å². The molecule has 0 radical (unpaired) electrons. The van der Waals surface area contributed by atoms with E-state index in [-0.39, 0.29) is 35.8 Å². The summed E-state index contributed by atoms with van der Waals surface area (Å²) in [6.45, 7) is 7.57. The molecule has 0 spiro atoms. The quantitative estimate of drug-likeness (QED) is 0.173. The van der Waals surface area contributed by atoms with Crippen molar-refractivity contribution in [2.75, 3.05) is 10.3 Å². The lowest BCUT2D eigenvalue weighted by atomic mass is 9.49. The molecule has 250 valence electrons. The van der Waals surface area contributed by atoms with E-state index in [1.54, 1.807) is 31.2 Å². The number of rotatable bonds is 6. The lowest BCUT2D eigenvalue weighted by molar-refractivity contribution is -0.138. The van der Waals surface area contributed by atoms with E-state index in [9.17, 15) is 19.5 Å². The average molecular weight is 664 g/mol. The van der Waals surface area contributed by atoms with Gasteiger partial charge in [-0.25, -0.2) is 0 Å². The van der Waals surface area contributed by atoms with Crippen LogP contribution in [-0.4, -0.2) is 33.7 Å². The highest BCUT2D eigenvalue weighted by atomic mass is 16.3. The predicted octanol–water partition coefficient (Wildman–Crippen LogP) is 6.84. The summed E-state index contributed by atoms with van der Waals surface area (Å²) < 4.78 is 0. The van der Waals surface area contributed by atoms with Crippen molar-refractivity contribution in [2.24, 2.45) is 23.7 Å². The van der Waals surface area contributed by atoms with Crippen molar-refractivity contribution in [3.05, 3.63) is 143 Å². The molecule has 4 aromatic rings. The highest BCUT2D eigenvalue weighted by molar-refractivity contribution is 6.22. The summed E-state index contributed by atoms with van der Waals surface area (Å²) >= 11 is 0. The SMILES string of the molecule is C=Cc1ccc(N2C(=O)[C@H]3[C@H](CC=C4[C@H]3C[C@H]3C(=O)N(Nc5ccc(C)cc5)C(=O)[C@@]3(c3ccccc3)[C@H]4c3ccc(O)c(C)c3)C2=O)cc1. The number of benzene rings is 4. The standard InChI is InChI=1S/C42H37N3O5/c1-4-26-12-17-30(18-13-26)44-38(47)32-20-19-31-33(36(32)40(44)49)23-34-39(48)45(43-29-15-10-24(2)11-16-29)41(50)42(34,28-8-6-5-7-9-28)37(31)27-14-21-35(46)25(3)22-27/h4-19,21-22,32-34,36-37,43,46H,1,20,23H2,2-3H3/t32-,33+,34-,36-,37-,42+/m0/s1. The lowest BCUT2D eigenvalue weighted by Gasteiger charge is -2.50. The van der Waals surface area contributed by atoms with Crippen LogP contribution in [-0.2, 0) is 24.6 Å². The summed E-state index contributed by atoms with van der Waals surface area (Å²) in [5, 5.41) is 11.7. The number of amides is 4. The number of imide groups is 2. The molecule has 0 bridgehead atoms. The normalized spacial score (nSPS) is 27.1. The zero-order valence-electron chi connectivity index (χ0n) is 27.9. The van der Waals surface area contributed by atoms with Crippen molar-refractivity contribution in [3.8, 4) is 5.75 Å². The Hall–Kier alpha value is -5.76. The smallest absolute Gasteiger partial charge is 0.260 e. The van der Waals surface area contributed by atoms with Crippen molar-refractivity contribution in [1.29, 1.82) is 0 Å². The summed E-state index contributed by atoms with van der Waals surface area (Å²) in [6, 6.07) is 29.4. The second-order valence-electron chi connectivity index (χ2n) is 13.9. The summed E-state index contributed by atoms with van der Waals surface area (Å²) in [4.78, 5) is 59.8. The molecule has 4 aromatic carbocycles. The Labute approximate surface area is 290 Å². The number of aryl methyl sites for hydroxylation is 2. The van der Waals surface area contributed by atoms with Gasteiger partial charge in [0.25, 0.3) is 11.8 Å². The van der Waals surface area contributed by atoms with Crippen LogP contribution >= 0.6 is 0 Å². The number of hydrogen-bond donors (Lipinski definition) is 2. The Morgan fingerprint density at radius 1 is 0.840 bits per heavy atom. The van der Waals surface area contributed by atoms with Crippen molar-refractivity contribution >= 4 is 41.1 Å². The van der Waals surface area contributed by atoms with Crippen LogP contribution in [0.5, 0.6) is 5.75 Å². The highest BCUT2D eigenvalue weighted by Gasteiger charge is 2.70. The van der Waals surface area contributed by atoms with Gasteiger partial charge in [0.05, 0.1) is 34.5 Å². The fraction of sp³-hybridized carbons (Fsp3) is 0.238. The van der Waals surface area contributed by atoms with E-state index < -0.39 is 35.0 Å². The fourth-order valence-corrected chi connectivity index (χ4v) is 8.99. The largest absolute Gasteiger partial charge is 0.508 e. The number of anilines is 2. The van der Waals surface area contributed by atoms with E-state index >= 15 is 4.79 Å². The molecule has 1 saturated carbocycles. The van der Waals surface area contributed by atoms with E-state index in [1.807, 2.05) is 91.9 Å². The Kier molecular flexibility index (Phi) is 7.37. The van der Waals surface area contributed by atoms with Gasteiger partial charge in [-0.15, -0.1) is 0 Å². The Morgan fingerprint density at radius 3 is 2.24 bits per heavy atom. The molecule has 8 rings (SSSR count). The average Bonchev–Trinajstić information content (AvgIpc) is 3.51. The van der Waals surface area contributed by atoms with Gasteiger partial charge in [0, 0.05) is 5.92 Å². The minimum Gasteiger partial charge on any atom is -0.508 e. The number of nitrogens with zero attached hydrogens (tertiary/aromatic N) is 2. The predicted molar refractivity (Wildman–Crippen MR) is 191 cm³/mol. The summed E-state index contributed by atoms with van der Waals surface area (Å²) in [7, 11) is 0. The molecule has 2 heterocycles. The van der Waals surface area contributed by atoms with Gasteiger partial charge in [0.2, 0.25) is 11.8 Å². The van der Waals surface area contributed by atoms with Gasteiger partial charge < -0.3 is 5.11 Å². The molecular weight excluding hydrogens is 626 g/mol. The molecule has 2 saturated heterocycles. The second kappa shape index (κ2) is 11.7. The Bertz CT molecular complexity index is 2110. The van der Waals surface area contributed by atoms with Gasteiger partial charge in [0.1, 0.15) is 5.75 Å². The summed E-state index contributed by atoms with van der Waals surface area (Å²) in [5.41, 5.74) is 7.75. The minimum absolute atomic E-state index is 0.121. The maximum atomic E-state index is 15.2. The van der Waals surface area contributed by atoms with E-state index in [0.29, 0.717) is 28.9 Å². The molecule has 4 aliphatic rings. The van der Waals surface area contributed by atoms with Crippen LogP contribution in [0.15, 0.2) is 115 Å². The molecule has 2 aliphatic carbocycles. The van der Waals surface area contributed by atoms with E-state index in [1.165, 1.54) is 4.90 Å². The van der Waals surface area contributed by atoms with E-state index in [4.69, 9.17) is 0 Å². The first-order valence-corrected chi connectivity index (χ1v) is 17.0. The summed E-state index contributed by atoms with van der Waals surface area (Å²) in [6.07, 6.45) is 4.30. The lowest BCUT2D eigenvalue weighted by Crippen LogP contribution is -2.53. The number of phenols is 1. The highest BCUT2D eigenvalue weighted by Crippen LogP contribution is 2.64. The first kappa shape index (κ1) is 31.5. The number of nitrogens with one attached hydrogen (secondary N) is 1. The molecule has 4 amide bonds.